The molecule has 0 saturated heterocycles. The minimum atomic E-state index is 0.719. The number of hydrogen-bond acceptors (Lipinski definition) is 6. The molecule has 2 aromatic rings. The minimum Gasteiger partial charge on any atom is -0.389 e. The summed E-state index contributed by atoms with van der Waals surface area (Å²) in [5.41, 5.74) is 5.56. The third-order valence-electron chi connectivity index (χ3n) is 1.95. The Morgan fingerprint density at radius 1 is 1.60 bits per heavy atom. The van der Waals surface area contributed by atoms with Crippen molar-refractivity contribution in [3.63, 3.8) is 0 Å². The largest absolute Gasteiger partial charge is 0.389 e. The van der Waals surface area contributed by atoms with Crippen LogP contribution < -0.4 is 11.1 Å². The van der Waals surface area contributed by atoms with Crippen LogP contribution in [-0.2, 0) is 13.5 Å². The Hall–Kier alpha value is -1.63. The van der Waals surface area contributed by atoms with E-state index >= 15 is 0 Å². The Morgan fingerprint density at radius 3 is 3.07 bits per heavy atom. The summed E-state index contributed by atoms with van der Waals surface area (Å²) in [5.74, 6) is 0.951. The number of nitrogens with one attached hydrogen (secondary N) is 1. The predicted octanol–water partition coefficient (Wildman–Crippen LogP) is 0.508. The van der Waals surface area contributed by atoms with Gasteiger partial charge in [0.15, 0.2) is 5.13 Å². The zero-order valence-electron chi connectivity index (χ0n) is 8.34. The molecule has 0 unspecified atom stereocenters. The summed E-state index contributed by atoms with van der Waals surface area (Å²) in [6, 6.07) is 0. The maximum Gasteiger partial charge on any atom is 0.184 e. The van der Waals surface area contributed by atoms with Crippen molar-refractivity contribution in [2.45, 2.75) is 6.42 Å². The van der Waals surface area contributed by atoms with Crippen molar-refractivity contribution >= 4 is 21.5 Å². The standard InChI is InChI=1S/C8H12N6S/c1-14-5-12-13-7(14)2-3-10-8-11-4-6(9)15-8/h4-5H,2-3,9H2,1H3,(H,10,11). The number of aromatic nitrogens is 4. The van der Waals surface area contributed by atoms with E-state index in [0.717, 1.165) is 28.9 Å². The van der Waals surface area contributed by atoms with E-state index in [1.807, 2.05) is 11.6 Å². The molecule has 0 bridgehead atoms. The highest BCUT2D eigenvalue weighted by molar-refractivity contribution is 7.19. The first-order chi connectivity index (χ1) is 7.25. The maximum atomic E-state index is 5.56. The highest BCUT2D eigenvalue weighted by atomic mass is 32.1. The molecule has 3 N–H and O–H groups in total. The van der Waals surface area contributed by atoms with Crippen molar-refractivity contribution in [1.29, 1.82) is 0 Å². The number of anilines is 2. The quantitative estimate of drug-likeness (QED) is 0.790. The summed E-state index contributed by atoms with van der Waals surface area (Å²) >= 11 is 1.44. The molecule has 0 aliphatic carbocycles. The van der Waals surface area contributed by atoms with Gasteiger partial charge in [-0.3, -0.25) is 0 Å². The average Bonchev–Trinajstić information content (AvgIpc) is 2.77. The summed E-state index contributed by atoms with van der Waals surface area (Å²) in [7, 11) is 1.93. The summed E-state index contributed by atoms with van der Waals surface area (Å²) in [6.07, 6.45) is 4.15. The van der Waals surface area contributed by atoms with Crippen LogP contribution in [0.3, 0.4) is 0 Å². The van der Waals surface area contributed by atoms with Crippen LogP contribution in [0, 0.1) is 0 Å². The van der Waals surface area contributed by atoms with Gasteiger partial charge in [-0.15, -0.1) is 10.2 Å². The second-order valence-corrected chi connectivity index (χ2v) is 4.16. The normalized spacial score (nSPS) is 10.5. The van der Waals surface area contributed by atoms with Crippen molar-refractivity contribution in [2.24, 2.45) is 7.05 Å². The molecular formula is C8H12N6S. The topological polar surface area (TPSA) is 81.7 Å². The van der Waals surface area contributed by atoms with Crippen molar-refractivity contribution < 1.29 is 0 Å². The van der Waals surface area contributed by atoms with Crippen LogP contribution in [0.15, 0.2) is 12.5 Å². The number of nitrogens with zero attached hydrogens (tertiary/aromatic N) is 4. The van der Waals surface area contributed by atoms with E-state index in [4.69, 9.17) is 5.73 Å². The highest BCUT2D eigenvalue weighted by Crippen LogP contribution is 2.19. The molecule has 0 atom stereocenters. The van der Waals surface area contributed by atoms with Crippen molar-refractivity contribution in [3.8, 4) is 0 Å². The van der Waals surface area contributed by atoms with Crippen LogP contribution >= 0.6 is 11.3 Å². The van der Waals surface area contributed by atoms with Crippen LogP contribution in [0.1, 0.15) is 5.82 Å². The monoisotopic (exact) mass is 224 g/mol. The zero-order chi connectivity index (χ0) is 10.7. The Kier molecular flexibility index (Phi) is 2.82. The fourth-order valence-electron chi connectivity index (χ4n) is 1.18. The van der Waals surface area contributed by atoms with Gasteiger partial charge in [0.05, 0.1) is 6.20 Å². The van der Waals surface area contributed by atoms with Crippen LogP contribution in [0.4, 0.5) is 10.1 Å². The molecule has 2 heterocycles. The lowest BCUT2D eigenvalue weighted by Crippen LogP contribution is -2.08. The van der Waals surface area contributed by atoms with E-state index < -0.39 is 0 Å². The van der Waals surface area contributed by atoms with Gasteiger partial charge in [-0.2, -0.15) is 0 Å². The fourth-order valence-corrected chi connectivity index (χ4v) is 1.79. The smallest absolute Gasteiger partial charge is 0.184 e. The Morgan fingerprint density at radius 2 is 2.47 bits per heavy atom. The van der Waals surface area contributed by atoms with Gasteiger partial charge in [0.25, 0.3) is 0 Å². The molecule has 15 heavy (non-hydrogen) atoms. The molecule has 0 aliphatic heterocycles. The molecule has 2 aromatic heterocycles. The number of rotatable bonds is 4. The molecular weight excluding hydrogens is 212 g/mol. The summed E-state index contributed by atoms with van der Waals surface area (Å²) in [5, 5.41) is 12.5. The number of aryl methyl sites for hydroxylation is 1. The third kappa shape index (κ3) is 2.44. The number of thiazole rings is 1. The number of nitrogen functional groups attached to an aromatic ring is 1. The van der Waals surface area contributed by atoms with Crippen LogP contribution in [0.5, 0.6) is 0 Å². The SMILES string of the molecule is Cn1cnnc1CCNc1ncc(N)s1. The van der Waals surface area contributed by atoms with E-state index in [9.17, 15) is 0 Å². The molecule has 6 nitrogen and oxygen atoms in total. The van der Waals surface area contributed by atoms with E-state index in [2.05, 4.69) is 20.5 Å². The maximum absolute atomic E-state index is 5.56. The Labute approximate surface area is 91.2 Å². The van der Waals surface area contributed by atoms with Crippen LogP contribution in [0.2, 0.25) is 0 Å². The van der Waals surface area contributed by atoms with E-state index in [1.165, 1.54) is 11.3 Å². The van der Waals surface area contributed by atoms with Gasteiger partial charge in [0.2, 0.25) is 0 Å². The van der Waals surface area contributed by atoms with Gasteiger partial charge in [0, 0.05) is 20.0 Å². The summed E-state index contributed by atoms with van der Waals surface area (Å²) in [4.78, 5) is 4.10. The molecule has 0 radical (unpaired) electrons. The van der Waals surface area contributed by atoms with Crippen molar-refractivity contribution in [3.05, 3.63) is 18.3 Å². The van der Waals surface area contributed by atoms with Gasteiger partial charge in [0.1, 0.15) is 17.2 Å². The van der Waals surface area contributed by atoms with Gasteiger partial charge >= 0.3 is 0 Å². The first-order valence-electron chi connectivity index (χ1n) is 4.54. The Balaban J connectivity index is 1.83. The third-order valence-corrected chi connectivity index (χ3v) is 2.74. The second-order valence-electron chi connectivity index (χ2n) is 3.10. The molecule has 7 heteroatoms. The molecule has 0 aliphatic rings. The lowest BCUT2D eigenvalue weighted by atomic mass is 10.4. The fraction of sp³-hybridized carbons (Fsp3) is 0.375. The molecule has 2 rings (SSSR count). The summed E-state index contributed by atoms with van der Waals surface area (Å²) < 4.78 is 1.90. The second kappa shape index (κ2) is 4.26. The van der Waals surface area contributed by atoms with Gasteiger partial charge in [-0.1, -0.05) is 11.3 Å². The molecule has 0 aromatic carbocycles. The van der Waals surface area contributed by atoms with Crippen LogP contribution in [-0.4, -0.2) is 26.3 Å². The molecule has 0 fully saturated rings. The Bertz CT molecular complexity index is 434. The average molecular weight is 224 g/mol. The first kappa shape index (κ1) is 9.91. The first-order valence-corrected chi connectivity index (χ1v) is 5.35. The number of nitrogens with two attached hydrogens (primary N) is 1. The number of hydrogen-bond donors (Lipinski definition) is 2. The van der Waals surface area contributed by atoms with E-state index in [1.54, 1.807) is 12.5 Å². The van der Waals surface area contributed by atoms with Crippen LogP contribution in [0.25, 0.3) is 0 Å². The zero-order valence-corrected chi connectivity index (χ0v) is 9.16. The lowest BCUT2D eigenvalue weighted by Gasteiger charge is -2.01. The molecule has 0 spiro atoms. The van der Waals surface area contributed by atoms with Crippen molar-refractivity contribution in [1.82, 2.24) is 19.7 Å². The predicted molar refractivity (Wildman–Crippen MR) is 59.7 cm³/mol. The van der Waals surface area contributed by atoms with Gasteiger partial charge in [-0.05, 0) is 0 Å². The lowest BCUT2D eigenvalue weighted by molar-refractivity contribution is 0.788. The molecule has 80 valence electrons. The van der Waals surface area contributed by atoms with Crippen molar-refractivity contribution in [2.75, 3.05) is 17.6 Å². The van der Waals surface area contributed by atoms with E-state index in [-0.39, 0.29) is 0 Å². The molecule has 0 saturated carbocycles. The molecule has 0 amide bonds. The highest BCUT2D eigenvalue weighted by Gasteiger charge is 2.01. The van der Waals surface area contributed by atoms with E-state index in [0.29, 0.717) is 0 Å². The summed E-state index contributed by atoms with van der Waals surface area (Å²) in [6.45, 7) is 0.777. The van der Waals surface area contributed by atoms with Gasteiger partial charge in [-0.25, -0.2) is 4.98 Å². The minimum absolute atomic E-state index is 0.719. The van der Waals surface area contributed by atoms with Gasteiger partial charge < -0.3 is 15.6 Å².